The Morgan fingerprint density at radius 3 is 1.86 bits per heavy atom. The van der Waals surface area contributed by atoms with E-state index in [9.17, 15) is 0 Å². The topological polar surface area (TPSA) is 0 Å². The summed E-state index contributed by atoms with van der Waals surface area (Å²) in [5.41, 5.74) is 6.05. The van der Waals surface area contributed by atoms with Gasteiger partial charge in [-0.1, -0.05) is 80.4 Å². The van der Waals surface area contributed by atoms with E-state index in [4.69, 9.17) is 0 Å². The maximum atomic E-state index is 2.41. The Bertz CT molecular complexity index is 757. The molecule has 0 aromatic heterocycles. The average Bonchev–Trinajstić information content (AvgIpc) is 3.28. The lowest BCUT2D eigenvalue weighted by molar-refractivity contribution is 0.262. The van der Waals surface area contributed by atoms with Crippen LogP contribution < -0.4 is 0 Å². The fourth-order valence-electron chi connectivity index (χ4n) is 5.35. The second-order valence-corrected chi connectivity index (χ2v) is 9.59. The minimum Gasteiger partial charge on any atom is -0.0882 e. The van der Waals surface area contributed by atoms with Gasteiger partial charge in [-0.15, -0.1) is 0 Å². The van der Waals surface area contributed by atoms with Crippen molar-refractivity contribution in [1.29, 1.82) is 0 Å². The van der Waals surface area contributed by atoms with Crippen LogP contribution >= 0.6 is 0 Å². The predicted octanol–water partition coefficient (Wildman–Crippen LogP) is 7.74. The molecular weight excluding hydrogens is 348 g/mol. The summed E-state index contributed by atoms with van der Waals surface area (Å²) < 4.78 is 0. The van der Waals surface area contributed by atoms with Gasteiger partial charge in [0, 0.05) is 0 Å². The molecule has 0 N–H and O–H groups in total. The number of rotatable bonds is 8. The van der Waals surface area contributed by atoms with Crippen molar-refractivity contribution in [3.05, 3.63) is 82.9 Å². The molecule has 4 rings (SSSR count). The largest absolute Gasteiger partial charge is 0.0882 e. The van der Waals surface area contributed by atoms with E-state index >= 15 is 0 Å². The van der Waals surface area contributed by atoms with Gasteiger partial charge in [0.1, 0.15) is 0 Å². The van der Waals surface area contributed by atoms with Crippen LogP contribution in [0.2, 0.25) is 0 Å². The summed E-state index contributed by atoms with van der Waals surface area (Å²) in [6.07, 6.45) is 19.4. The average molecular weight is 387 g/mol. The third-order valence-electron chi connectivity index (χ3n) is 7.40. The molecule has 1 saturated carbocycles. The molecule has 1 fully saturated rings. The lowest BCUT2D eigenvalue weighted by Crippen LogP contribution is -2.17. The Morgan fingerprint density at radius 2 is 1.24 bits per heavy atom. The second-order valence-electron chi connectivity index (χ2n) is 9.59. The molecule has 154 valence electrons. The Morgan fingerprint density at radius 1 is 0.655 bits per heavy atom. The van der Waals surface area contributed by atoms with Gasteiger partial charge in [-0.2, -0.15) is 0 Å². The molecule has 0 radical (unpaired) electrons. The maximum absolute atomic E-state index is 2.41. The SMILES string of the molecule is CCc1ccc(CCC2CCC(Cc3ccc(CC4C=CCC4)cc3)CC2)cc1. The van der Waals surface area contributed by atoms with Gasteiger partial charge < -0.3 is 0 Å². The minimum atomic E-state index is 0.778. The van der Waals surface area contributed by atoms with Crippen molar-refractivity contribution in [2.24, 2.45) is 17.8 Å². The first-order chi connectivity index (χ1) is 14.3. The van der Waals surface area contributed by atoms with Gasteiger partial charge in [0.25, 0.3) is 0 Å². The number of aryl methyl sites for hydroxylation is 2. The Balaban J connectivity index is 1.18. The van der Waals surface area contributed by atoms with Gasteiger partial charge in [0.2, 0.25) is 0 Å². The monoisotopic (exact) mass is 386 g/mol. The van der Waals surface area contributed by atoms with Crippen LogP contribution in [0.4, 0.5) is 0 Å². The molecule has 0 saturated heterocycles. The molecule has 0 heteroatoms. The smallest absolute Gasteiger partial charge is 0.0190 e. The number of benzene rings is 2. The number of hydrogen-bond donors (Lipinski definition) is 0. The van der Waals surface area contributed by atoms with Gasteiger partial charge in [-0.3, -0.25) is 0 Å². The van der Waals surface area contributed by atoms with Gasteiger partial charge >= 0.3 is 0 Å². The van der Waals surface area contributed by atoms with E-state index in [1.165, 1.54) is 80.9 Å². The van der Waals surface area contributed by atoms with E-state index < -0.39 is 0 Å². The van der Waals surface area contributed by atoms with E-state index in [1.54, 1.807) is 5.56 Å². The molecule has 2 aliphatic carbocycles. The quantitative estimate of drug-likeness (QED) is 0.407. The fraction of sp³-hybridized carbons (Fsp3) is 0.517. The Hall–Kier alpha value is -1.82. The van der Waals surface area contributed by atoms with Crippen LogP contribution in [-0.2, 0) is 25.7 Å². The van der Waals surface area contributed by atoms with Crippen molar-refractivity contribution in [1.82, 2.24) is 0 Å². The van der Waals surface area contributed by atoms with Crippen LogP contribution in [0.1, 0.15) is 74.1 Å². The Labute approximate surface area is 178 Å². The minimum absolute atomic E-state index is 0.778. The first-order valence-electron chi connectivity index (χ1n) is 12.1. The molecular formula is C29H38. The van der Waals surface area contributed by atoms with Gasteiger partial charge in [0.15, 0.2) is 0 Å². The molecule has 1 unspecified atom stereocenters. The predicted molar refractivity (Wildman–Crippen MR) is 125 cm³/mol. The molecule has 0 nitrogen and oxygen atoms in total. The maximum Gasteiger partial charge on any atom is -0.0190 e. The molecule has 0 spiro atoms. The summed E-state index contributed by atoms with van der Waals surface area (Å²) in [7, 11) is 0. The standard InChI is InChI=1S/C29H38/c1-2-23-7-9-24(10-8-23)11-12-25-13-15-27(16-14-25)22-29-19-17-28(18-20-29)21-26-5-3-4-6-26/h3,5,7-10,17-20,25-27H,2,4,6,11-16,21-22H2,1H3. The highest BCUT2D eigenvalue weighted by molar-refractivity contribution is 5.24. The van der Waals surface area contributed by atoms with E-state index in [2.05, 4.69) is 67.6 Å². The van der Waals surface area contributed by atoms with Crippen molar-refractivity contribution in [2.45, 2.75) is 77.6 Å². The summed E-state index contributed by atoms with van der Waals surface area (Å²) in [6.45, 7) is 2.23. The highest BCUT2D eigenvalue weighted by Gasteiger charge is 2.21. The third-order valence-corrected chi connectivity index (χ3v) is 7.40. The van der Waals surface area contributed by atoms with Crippen LogP contribution in [0.15, 0.2) is 60.7 Å². The summed E-state index contributed by atoms with van der Waals surface area (Å²) in [5.74, 6) is 2.62. The first kappa shape index (κ1) is 20.5. The zero-order chi connectivity index (χ0) is 19.9. The Kier molecular flexibility index (Phi) is 7.25. The lowest BCUT2D eigenvalue weighted by atomic mass is 9.77. The zero-order valence-electron chi connectivity index (χ0n) is 18.3. The molecule has 0 bridgehead atoms. The molecule has 2 aromatic rings. The van der Waals surface area contributed by atoms with Crippen molar-refractivity contribution in [3.63, 3.8) is 0 Å². The molecule has 2 aromatic carbocycles. The molecule has 0 amide bonds. The first-order valence-corrected chi connectivity index (χ1v) is 12.1. The lowest BCUT2D eigenvalue weighted by Gasteiger charge is -2.28. The van der Waals surface area contributed by atoms with Crippen LogP contribution in [0.3, 0.4) is 0 Å². The summed E-state index contributed by atoms with van der Waals surface area (Å²) in [4.78, 5) is 0. The molecule has 0 heterocycles. The second kappa shape index (κ2) is 10.3. The van der Waals surface area contributed by atoms with E-state index in [-0.39, 0.29) is 0 Å². The van der Waals surface area contributed by atoms with Gasteiger partial charge in [0.05, 0.1) is 0 Å². The van der Waals surface area contributed by atoms with Crippen molar-refractivity contribution < 1.29 is 0 Å². The molecule has 0 aliphatic heterocycles. The van der Waals surface area contributed by atoms with Gasteiger partial charge in [-0.25, -0.2) is 0 Å². The van der Waals surface area contributed by atoms with E-state index in [0.717, 1.165) is 24.2 Å². The van der Waals surface area contributed by atoms with Gasteiger partial charge in [-0.05, 0) is 97.8 Å². The third kappa shape index (κ3) is 6.08. The van der Waals surface area contributed by atoms with Crippen molar-refractivity contribution in [3.8, 4) is 0 Å². The number of allylic oxidation sites excluding steroid dienone is 2. The summed E-state index contributed by atoms with van der Waals surface area (Å²) >= 11 is 0. The molecule has 1 atom stereocenters. The van der Waals surface area contributed by atoms with Crippen LogP contribution in [0, 0.1) is 17.8 Å². The van der Waals surface area contributed by atoms with Crippen LogP contribution in [0.5, 0.6) is 0 Å². The fourth-order valence-corrected chi connectivity index (χ4v) is 5.35. The van der Waals surface area contributed by atoms with Crippen molar-refractivity contribution >= 4 is 0 Å². The van der Waals surface area contributed by atoms with Crippen molar-refractivity contribution in [2.75, 3.05) is 0 Å². The highest BCUT2D eigenvalue weighted by Crippen LogP contribution is 2.33. The zero-order valence-corrected chi connectivity index (χ0v) is 18.3. The number of hydrogen-bond acceptors (Lipinski definition) is 0. The highest BCUT2D eigenvalue weighted by atomic mass is 14.3. The summed E-state index contributed by atoms with van der Waals surface area (Å²) in [6, 6.07) is 18.9. The van der Waals surface area contributed by atoms with E-state index in [0.29, 0.717) is 0 Å². The summed E-state index contributed by atoms with van der Waals surface area (Å²) in [5, 5.41) is 0. The molecule has 29 heavy (non-hydrogen) atoms. The normalized spacial score (nSPS) is 24.1. The van der Waals surface area contributed by atoms with Crippen LogP contribution in [-0.4, -0.2) is 0 Å². The van der Waals surface area contributed by atoms with Crippen LogP contribution in [0.25, 0.3) is 0 Å². The molecule has 2 aliphatic rings. The van der Waals surface area contributed by atoms with E-state index in [1.807, 2.05) is 0 Å².